The van der Waals surface area contributed by atoms with Crippen LogP contribution in [0.5, 0.6) is 0 Å². The summed E-state index contributed by atoms with van der Waals surface area (Å²) in [4.78, 5) is 29.0. The van der Waals surface area contributed by atoms with Crippen molar-refractivity contribution in [1.82, 2.24) is 4.98 Å². The van der Waals surface area contributed by atoms with Crippen LogP contribution in [0.2, 0.25) is 0 Å². The van der Waals surface area contributed by atoms with Crippen molar-refractivity contribution >= 4 is 28.5 Å². The van der Waals surface area contributed by atoms with E-state index in [2.05, 4.69) is 37.9 Å². The van der Waals surface area contributed by atoms with Gasteiger partial charge in [0.05, 0.1) is 36.2 Å². The number of rotatable bonds is 8. The first-order chi connectivity index (χ1) is 25.7. The third-order valence-corrected chi connectivity index (χ3v) is 14.7. The number of ether oxygens (including phenoxy) is 1. The topological polar surface area (TPSA) is 149 Å². The highest BCUT2D eigenvalue weighted by Gasteiger charge is 2.66. The smallest absolute Gasteiger partial charge is 0.341 e. The van der Waals surface area contributed by atoms with Gasteiger partial charge in [-0.05, 0) is 128 Å². The van der Waals surface area contributed by atoms with Crippen molar-refractivity contribution in [2.24, 2.45) is 46.3 Å². The first-order valence-corrected chi connectivity index (χ1v) is 19.8. The van der Waals surface area contributed by atoms with Gasteiger partial charge in [0.1, 0.15) is 11.2 Å². The highest BCUT2D eigenvalue weighted by atomic mass is 16.5. The largest absolute Gasteiger partial charge is 0.481 e. The molecule has 0 bridgehead atoms. The van der Waals surface area contributed by atoms with Gasteiger partial charge >= 0.3 is 11.9 Å². The van der Waals surface area contributed by atoms with E-state index in [1.807, 2.05) is 48.5 Å². The van der Waals surface area contributed by atoms with E-state index in [1.54, 1.807) is 6.92 Å². The number of carboxylic acids is 1. The Morgan fingerprint density at radius 2 is 1.81 bits per heavy atom. The minimum Gasteiger partial charge on any atom is -0.481 e. The number of aliphatic carboxylic acids is 1. The maximum atomic E-state index is 13.0. The second-order valence-electron chi connectivity index (χ2n) is 17.5. The molecule has 4 aliphatic rings. The van der Waals surface area contributed by atoms with Crippen molar-refractivity contribution in [2.75, 3.05) is 12.4 Å². The number of hydrogen-bond acceptors (Lipinski definition) is 8. The van der Waals surface area contributed by atoms with Gasteiger partial charge in [0.15, 0.2) is 0 Å². The number of pyridine rings is 1. The molecule has 9 heteroatoms. The van der Waals surface area contributed by atoms with Crippen molar-refractivity contribution in [3.63, 3.8) is 0 Å². The van der Waals surface area contributed by atoms with E-state index < -0.39 is 29.7 Å². The molecule has 4 fully saturated rings. The van der Waals surface area contributed by atoms with Gasteiger partial charge in [-0.15, -0.1) is 0 Å². The number of carboxylic acid groups (broad SMARTS) is 1. The number of nitrogens with zero attached hydrogens (tertiary/aromatic N) is 1. The number of carbonyl (C=O) groups excluding carboxylic acids is 1. The number of aryl methyl sites for hydroxylation is 1. The minimum atomic E-state index is -1.23. The Morgan fingerprint density at radius 1 is 1.06 bits per heavy atom. The molecule has 0 saturated heterocycles. The number of carbonyl (C=O) groups is 2. The monoisotopic (exact) mass is 736 g/mol. The van der Waals surface area contributed by atoms with Crippen LogP contribution in [0.15, 0.2) is 48.5 Å². The molecular weight excluding hydrogens is 681 g/mol. The lowest BCUT2D eigenvalue weighted by Gasteiger charge is -2.64. The fourth-order valence-electron chi connectivity index (χ4n) is 11.8. The molecule has 1 heterocycles. The molecular formula is C45H56N2O7. The lowest BCUT2D eigenvalue weighted by atomic mass is 9.42. The zero-order valence-corrected chi connectivity index (χ0v) is 32.3. The third kappa shape index (κ3) is 6.69. The predicted molar refractivity (Wildman–Crippen MR) is 207 cm³/mol. The van der Waals surface area contributed by atoms with Crippen LogP contribution in [0.3, 0.4) is 0 Å². The van der Waals surface area contributed by atoms with Gasteiger partial charge in [-0.3, -0.25) is 9.78 Å². The van der Waals surface area contributed by atoms with Crippen LogP contribution in [-0.2, 0) is 16.1 Å². The van der Waals surface area contributed by atoms with Crippen LogP contribution in [0, 0.1) is 65.1 Å². The van der Waals surface area contributed by atoms with Crippen molar-refractivity contribution in [3.8, 4) is 11.8 Å². The number of nitrogens with one attached hydrogen (secondary N) is 1. The molecule has 54 heavy (non-hydrogen) atoms. The number of methoxy groups -OCH3 is 1. The lowest BCUT2D eigenvalue weighted by Crippen LogP contribution is -2.63. The summed E-state index contributed by atoms with van der Waals surface area (Å²) >= 11 is 0. The number of anilines is 1. The maximum Gasteiger partial charge on any atom is 0.341 e. The molecule has 0 spiro atoms. The molecule has 11 unspecified atom stereocenters. The Hall–Kier alpha value is -3.97. The van der Waals surface area contributed by atoms with E-state index in [4.69, 9.17) is 9.72 Å². The molecule has 4 saturated carbocycles. The fraction of sp³-hybridized carbons (Fsp3) is 0.578. The third-order valence-electron chi connectivity index (χ3n) is 14.7. The molecule has 9 nitrogen and oxygen atoms in total. The Balaban J connectivity index is 1.13. The number of aromatic nitrogens is 1. The number of fused-ring (bicyclic) bond motifs is 6. The summed E-state index contributed by atoms with van der Waals surface area (Å²) in [7, 11) is 1.36. The normalized spacial score (nSPS) is 34.8. The second-order valence-corrected chi connectivity index (χ2v) is 17.5. The van der Waals surface area contributed by atoms with Gasteiger partial charge in [0.25, 0.3) is 0 Å². The SMILES string of the molecule is COC(=O)c1c(C)nc2ccc(C#CC3(O)CCC4(C)C(CC(O)C5C4CC(O)C4(C)C(C(C)CCC(=O)O)CCC54)C3)cc2c1NCc1ccccc1. The van der Waals surface area contributed by atoms with Gasteiger partial charge in [-0.25, -0.2) is 4.79 Å². The Labute approximate surface area is 318 Å². The number of benzene rings is 2. The number of aliphatic hydroxyl groups is 3. The van der Waals surface area contributed by atoms with Crippen LogP contribution in [0.4, 0.5) is 5.69 Å². The Bertz CT molecular complexity index is 1970. The van der Waals surface area contributed by atoms with E-state index in [9.17, 15) is 30.0 Å². The summed E-state index contributed by atoms with van der Waals surface area (Å²) in [5.41, 5.74) is 2.30. The van der Waals surface area contributed by atoms with E-state index in [0.717, 1.165) is 30.2 Å². The van der Waals surface area contributed by atoms with Crippen molar-refractivity contribution in [2.45, 2.75) is 110 Å². The standard InChI is InChI=1S/C45H56N2O7/c1-26(11-16-38(50)51)32-13-14-33-40-34(23-37(49)44(32,33)4)43(3)19-20-45(53,24-30(43)22-36(40)48)18-17-28-12-15-35-31(21-28)41(39(27(2)47-35)42(52)54-5)46-25-29-9-7-6-8-10-29/h6-10,12,15,21,26,30,32-34,36-37,40,48-49,53H,11,13-14,16,19-20,22-25H2,1-5H3,(H,46,47)(H,50,51). The molecule has 2 aromatic carbocycles. The van der Waals surface area contributed by atoms with E-state index in [1.165, 1.54) is 7.11 Å². The average molecular weight is 737 g/mol. The minimum absolute atomic E-state index is 0.0465. The van der Waals surface area contributed by atoms with Crippen LogP contribution >= 0.6 is 0 Å². The zero-order valence-electron chi connectivity index (χ0n) is 32.3. The highest BCUT2D eigenvalue weighted by molar-refractivity contribution is 6.06. The van der Waals surface area contributed by atoms with Crippen LogP contribution in [0.25, 0.3) is 10.9 Å². The lowest BCUT2D eigenvalue weighted by molar-refractivity contribution is -0.211. The van der Waals surface area contributed by atoms with E-state index in [-0.39, 0.29) is 52.8 Å². The molecule has 0 aliphatic heterocycles. The summed E-state index contributed by atoms with van der Waals surface area (Å²) in [5, 5.41) is 49.4. The summed E-state index contributed by atoms with van der Waals surface area (Å²) in [6, 6.07) is 15.6. The molecule has 5 N–H and O–H groups in total. The number of aliphatic hydroxyl groups excluding tert-OH is 2. The van der Waals surface area contributed by atoms with Crippen LogP contribution in [-0.4, -0.2) is 62.3 Å². The number of hydrogen-bond donors (Lipinski definition) is 5. The molecule has 1 aromatic heterocycles. The van der Waals surface area contributed by atoms with Crippen LogP contribution < -0.4 is 5.32 Å². The highest BCUT2D eigenvalue weighted by Crippen LogP contribution is 2.69. The van der Waals surface area contributed by atoms with Gasteiger partial charge < -0.3 is 30.5 Å². The molecule has 11 atom stereocenters. The summed E-state index contributed by atoms with van der Waals surface area (Å²) in [5.74, 6) is 6.09. The maximum absolute atomic E-state index is 13.0. The first kappa shape index (κ1) is 38.3. The van der Waals surface area contributed by atoms with Gasteiger partial charge in [-0.1, -0.05) is 62.9 Å². The van der Waals surface area contributed by atoms with Crippen molar-refractivity contribution in [3.05, 3.63) is 70.9 Å². The van der Waals surface area contributed by atoms with Crippen molar-refractivity contribution < 1.29 is 34.8 Å². The van der Waals surface area contributed by atoms with E-state index >= 15 is 0 Å². The molecule has 0 radical (unpaired) electrons. The zero-order chi connectivity index (χ0) is 38.6. The molecule has 4 aliphatic carbocycles. The molecule has 288 valence electrons. The van der Waals surface area contributed by atoms with Gasteiger partial charge in [0, 0.05) is 23.9 Å². The van der Waals surface area contributed by atoms with E-state index in [0.29, 0.717) is 66.7 Å². The van der Waals surface area contributed by atoms with Gasteiger partial charge in [0.2, 0.25) is 0 Å². The molecule has 3 aromatic rings. The Morgan fingerprint density at radius 3 is 2.54 bits per heavy atom. The second kappa shape index (κ2) is 14.6. The quantitative estimate of drug-likeness (QED) is 0.120. The summed E-state index contributed by atoms with van der Waals surface area (Å²) in [6.07, 6.45) is 4.49. The summed E-state index contributed by atoms with van der Waals surface area (Å²) in [6.45, 7) is 8.94. The Kier molecular flexibility index (Phi) is 10.4. The molecule has 0 amide bonds. The average Bonchev–Trinajstić information content (AvgIpc) is 3.51. The van der Waals surface area contributed by atoms with Crippen molar-refractivity contribution in [1.29, 1.82) is 0 Å². The predicted octanol–water partition coefficient (Wildman–Crippen LogP) is 7.13. The summed E-state index contributed by atoms with van der Waals surface area (Å²) < 4.78 is 5.15. The molecule has 7 rings (SSSR count). The van der Waals surface area contributed by atoms with Crippen LogP contribution in [0.1, 0.15) is 106 Å². The fourth-order valence-corrected chi connectivity index (χ4v) is 11.8. The number of esters is 1. The first-order valence-electron chi connectivity index (χ1n) is 19.8. The van der Waals surface area contributed by atoms with Gasteiger partial charge in [-0.2, -0.15) is 0 Å².